The molecule has 98 valence electrons. The highest BCUT2D eigenvalue weighted by Gasteiger charge is 2.37. The molecule has 4 heteroatoms. The van der Waals surface area contributed by atoms with Crippen molar-refractivity contribution in [3.05, 3.63) is 17.7 Å². The van der Waals surface area contributed by atoms with E-state index >= 15 is 0 Å². The number of benzene rings is 1. The van der Waals surface area contributed by atoms with Gasteiger partial charge in [0.15, 0.2) is 11.5 Å². The van der Waals surface area contributed by atoms with E-state index in [1.54, 1.807) is 0 Å². The largest absolute Gasteiger partial charge is 0.504 e. The van der Waals surface area contributed by atoms with E-state index < -0.39 is 0 Å². The first-order valence-electron chi connectivity index (χ1n) is 6.59. The Kier molecular flexibility index (Phi) is 2.82. The Morgan fingerprint density at radius 2 is 1.94 bits per heavy atom. The summed E-state index contributed by atoms with van der Waals surface area (Å²) in [6, 6.07) is 3.82. The predicted octanol–water partition coefficient (Wildman–Crippen LogP) is 2.28. The molecule has 2 aliphatic rings. The second kappa shape index (κ2) is 4.35. The summed E-state index contributed by atoms with van der Waals surface area (Å²) in [7, 11) is 0. The summed E-state index contributed by atoms with van der Waals surface area (Å²) in [4.78, 5) is 0. The monoisotopic (exact) mass is 249 g/mol. The minimum Gasteiger partial charge on any atom is -0.504 e. The second-order valence-corrected chi connectivity index (χ2v) is 5.24. The van der Waals surface area contributed by atoms with E-state index in [2.05, 4.69) is 0 Å². The zero-order valence-corrected chi connectivity index (χ0v) is 10.4. The standard InChI is InChI=1S/C14H19NO3/c15-8-14(6-2-1-3-7-14)10-4-5-11-13(12(10)16)18-9-17-11/h4-5,16H,1-3,6-9,15H2. The van der Waals surface area contributed by atoms with E-state index in [0.29, 0.717) is 18.0 Å². The molecule has 1 aromatic carbocycles. The maximum atomic E-state index is 10.4. The summed E-state index contributed by atoms with van der Waals surface area (Å²) in [6.07, 6.45) is 5.68. The lowest BCUT2D eigenvalue weighted by Gasteiger charge is -2.37. The molecular formula is C14H19NO3. The normalized spacial score (nSPS) is 20.9. The molecule has 1 fully saturated rings. The van der Waals surface area contributed by atoms with Crippen molar-refractivity contribution in [3.63, 3.8) is 0 Å². The first-order chi connectivity index (χ1) is 8.77. The van der Waals surface area contributed by atoms with Crippen LogP contribution in [-0.4, -0.2) is 18.4 Å². The molecule has 0 saturated heterocycles. The number of ether oxygens (including phenoxy) is 2. The molecule has 0 atom stereocenters. The van der Waals surface area contributed by atoms with Gasteiger partial charge in [-0.3, -0.25) is 0 Å². The van der Waals surface area contributed by atoms with Gasteiger partial charge in [0, 0.05) is 17.5 Å². The number of hydrogen-bond acceptors (Lipinski definition) is 4. The molecule has 1 aliphatic carbocycles. The van der Waals surface area contributed by atoms with Crippen molar-refractivity contribution in [2.24, 2.45) is 5.73 Å². The number of nitrogens with two attached hydrogens (primary N) is 1. The zero-order valence-electron chi connectivity index (χ0n) is 10.4. The van der Waals surface area contributed by atoms with Crippen LogP contribution in [0.2, 0.25) is 0 Å². The third-order valence-electron chi connectivity index (χ3n) is 4.29. The van der Waals surface area contributed by atoms with Gasteiger partial charge in [-0.25, -0.2) is 0 Å². The molecule has 0 amide bonds. The van der Waals surface area contributed by atoms with Crippen LogP contribution in [0.5, 0.6) is 17.2 Å². The fourth-order valence-corrected chi connectivity index (χ4v) is 3.20. The van der Waals surface area contributed by atoms with Crippen molar-refractivity contribution < 1.29 is 14.6 Å². The lowest BCUT2D eigenvalue weighted by atomic mass is 9.69. The van der Waals surface area contributed by atoms with Gasteiger partial charge in [0.05, 0.1) is 0 Å². The number of phenolic OH excluding ortho intramolecular Hbond substituents is 1. The third kappa shape index (κ3) is 1.63. The number of aromatic hydroxyl groups is 1. The lowest BCUT2D eigenvalue weighted by molar-refractivity contribution is 0.171. The summed E-state index contributed by atoms with van der Waals surface area (Å²) >= 11 is 0. The van der Waals surface area contributed by atoms with Crippen LogP contribution < -0.4 is 15.2 Å². The molecule has 0 unspecified atom stereocenters. The van der Waals surface area contributed by atoms with Gasteiger partial charge in [0.2, 0.25) is 12.5 Å². The Labute approximate surface area is 107 Å². The highest BCUT2D eigenvalue weighted by Crippen LogP contribution is 2.49. The van der Waals surface area contributed by atoms with Crippen molar-refractivity contribution in [1.82, 2.24) is 0 Å². The molecule has 1 saturated carbocycles. The fraction of sp³-hybridized carbons (Fsp3) is 0.571. The SMILES string of the molecule is NCC1(c2ccc3c(c2O)OCO3)CCCCC1. The van der Waals surface area contributed by atoms with Crippen LogP contribution in [0.25, 0.3) is 0 Å². The highest BCUT2D eigenvalue weighted by molar-refractivity contribution is 5.58. The zero-order chi connectivity index (χ0) is 12.6. The van der Waals surface area contributed by atoms with Crippen molar-refractivity contribution in [1.29, 1.82) is 0 Å². The molecular weight excluding hydrogens is 230 g/mol. The Hall–Kier alpha value is -1.42. The number of phenols is 1. The van der Waals surface area contributed by atoms with Crippen molar-refractivity contribution in [2.45, 2.75) is 37.5 Å². The number of fused-ring (bicyclic) bond motifs is 1. The molecule has 1 aromatic rings. The molecule has 0 spiro atoms. The van der Waals surface area contributed by atoms with Gasteiger partial charge in [-0.15, -0.1) is 0 Å². The van der Waals surface area contributed by atoms with Gasteiger partial charge in [0.1, 0.15) is 0 Å². The number of rotatable bonds is 2. The van der Waals surface area contributed by atoms with E-state index in [-0.39, 0.29) is 18.0 Å². The topological polar surface area (TPSA) is 64.7 Å². The molecule has 1 heterocycles. The molecule has 1 aliphatic heterocycles. The third-order valence-corrected chi connectivity index (χ3v) is 4.29. The molecule has 0 aromatic heterocycles. The minimum absolute atomic E-state index is 0.0939. The van der Waals surface area contributed by atoms with E-state index in [0.717, 1.165) is 18.4 Å². The highest BCUT2D eigenvalue weighted by atomic mass is 16.7. The molecule has 18 heavy (non-hydrogen) atoms. The van der Waals surface area contributed by atoms with E-state index in [1.807, 2.05) is 12.1 Å². The van der Waals surface area contributed by atoms with Crippen LogP contribution in [0.15, 0.2) is 12.1 Å². The lowest BCUT2D eigenvalue weighted by Crippen LogP contribution is -2.37. The summed E-state index contributed by atoms with van der Waals surface area (Å²) in [5.74, 6) is 1.32. The van der Waals surface area contributed by atoms with Crippen LogP contribution in [0.1, 0.15) is 37.7 Å². The Balaban J connectivity index is 2.05. The minimum atomic E-state index is -0.0939. The smallest absolute Gasteiger partial charge is 0.231 e. The average molecular weight is 249 g/mol. The predicted molar refractivity (Wildman–Crippen MR) is 68.0 cm³/mol. The van der Waals surface area contributed by atoms with Crippen LogP contribution in [0, 0.1) is 0 Å². The summed E-state index contributed by atoms with van der Waals surface area (Å²) in [6.45, 7) is 0.752. The number of hydrogen-bond donors (Lipinski definition) is 2. The van der Waals surface area contributed by atoms with Crippen LogP contribution in [0.3, 0.4) is 0 Å². The first kappa shape index (κ1) is 11.7. The maximum absolute atomic E-state index is 10.4. The Morgan fingerprint density at radius 3 is 2.67 bits per heavy atom. The van der Waals surface area contributed by atoms with Crippen molar-refractivity contribution >= 4 is 0 Å². The molecule has 4 nitrogen and oxygen atoms in total. The second-order valence-electron chi connectivity index (χ2n) is 5.24. The van der Waals surface area contributed by atoms with Gasteiger partial charge in [-0.1, -0.05) is 25.3 Å². The average Bonchev–Trinajstić information content (AvgIpc) is 2.89. The first-order valence-corrected chi connectivity index (χ1v) is 6.59. The Morgan fingerprint density at radius 1 is 1.17 bits per heavy atom. The van der Waals surface area contributed by atoms with Crippen LogP contribution >= 0.6 is 0 Å². The van der Waals surface area contributed by atoms with Gasteiger partial charge < -0.3 is 20.3 Å². The van der Waals surface area contributed by atoms with E-state index in [9.17, 15) is 5.11 Å². The van der Waals surface area contributed by atoms with E-state index in [4.69, 9.17) is 15.2 Å². The van der Waals surface area contributed by atoms with Gasteiger partial charge in [-0.2, -0.15) is 0 Å². The molecule has 0 bridgehead atoms. The molecule has 3 N–H and O–H groups in total. The van der Waals surface area contributed by atoms with Crippen LogP contribution in [-0.2, 0) is 5.41 Å². The molecule has 3 rings (SSSR count). The summed E-state index contributed by atoms with van der Waals surface area (Å²) in [5, 5.41) is 10.4. The summed E-state index contributed by atoms with van der Waals surface area (Å²) in [5.41, 5.74) is 6.83. The van der Waals surface area contributed by atoms with Gasteiger partial charge in [0.25, 0.3) is 0 Å². The van der Waals surface area contributed by atoms with Crippen LogP contribution in [0.4, 0.5) is 0 Å². The Bertz CT molecular complexity index is 453. The molecule has 0 radical (unpaired) electrons. The van der Waals surface area contributed by atoms with Crippen molar-refractivity contribution in [2.75, 3.05) is 13.3 Å². The maximum Gasteiger partial charge on any atom is 0.231 e. The summed E-state index contributed by atoms with van der Waals surface area (Å²) < 4.78 is 10.6. The van der Waals surface area contributed by atoms with E-state index in [1.165, 1.54) is 19.3 Å². The fourth-order valence-electron chi connectivity index (χ4n) is 3.20. The van der Waals surface area contributed by atoms with Gasteiger partial charge in [-0.05, 0) is 18.9 Å². The van der Waals surface area contributed by atoms with Crippen molar-refractivity contribution in [3.8, 4) is 17.2 Å². The van der Waals surface area contributed by atoms with Gasteiger partial charge >= 0.3 is 0 Å². The quantitative estimate of drug-likeness (QED) is 0.844.